The number of carbonyl (C=O) groups excluding carboxylic acids is 2. The lowest BCUT2D eigenvalue weighted by Gasteiger charge is -2.43. The average molecular weight is 748 g/mol. The Bertz CT molecular complexity index is 1990. The van der Waals surface area contributed by atoms with Crippen molar-refractivity contribution in [3.8, 4) is 11.5 Å². The van der Waals surface area contributed by atoms with Crippen LogP contribution in [0.1, 0.15) is 30.4 Å². The van der Waals surface area contributed by atoms with Gasteiger partial charge in [0.05, 0.1) is 23.6 Å². The zero-order valence-electron chi connectivity index (χ0n) is 27.6. The van der Waals surface area contributed by atoms with Crippen LogP contribution in [0.3, 0.4) is 0 Å². The van der Waals surface area contributed by atoms with Gasteiger partial charge in [-0.15, -0.1) is 0 Å². The van der Waals surface area contributed by atoms with Gasteiger partial charge in [0, 0.05) is 10.0 Å². The van der Waals surface area contributed by atoms with Crippen LogP contribution >= 0.6 is 15.9 Å². The van der Waals surface area contributed by atoms with E-state index in [0.717, 1.165) is 31.7 Å². The van der Waals surface area contributed by atoms with Crippen LogP contribution in [0.25, 0.3) is 11.6 Å². The fraction of sp³-hybridized carbons (Fsp3) is 0.231. The molecule has 0 bridgehead atoms. The van der Waals surface area contributed by atoms with Crippen molar-refractivity contribution in [1.29, 1.82) is 0 Å². The number of rotatable bonds is 10. The Balaban J connectivity index is 1.25. The number of nitrogens with zero attached hydrogens (tertiary/aromatic N) is 1. The SMILES string of the molecule is O=C1[C@@H]2[C@@H](CC(COc3ccccc3)=C3[C@@H](CC/C(=C/c4cc(Br)ccc4O)c4ccccc4)OB(O)C[C@@H]32)C(=O)N1c1cccc(B(O)O)c1. The lowest BCUT2D eigenvalue weighted by atomic mass is 9.58. The smallest absolute Gasteiger partial charge is 0.488 e. The number of hydrogen-bond acceptors (Lipinski definition) is 8. The first-order chi connectivity index (χ1) is 24.7. The monoisotopic (exact) mass is 747 g/mol. The summed E-state index contributed by atoms with van der Waals surface area (Å²) in [5, 5.41) is 41.4. The number of ether oxygens (including phenoxy) is 1. The minimum absolute atomic E-state index is 0.136. The molecule has 4 atom stereocenters. The number of halogens is 1. The molecule has 4 N–H and O–H groups in total. The van der Waals surface area contributed by atoms with Gasteiger partial charge in [0.2, 0.25) is 11.8 Å². The topological polar surface area (TPSA) is 137 Å². The van der Waals surface area contributed by atoms with E-state index >= 15 is 0 Å². The largest absolute Gasteiger partial charge is 0.507 e. The Morgan fingerprint density at radius 3 is 2.43 bits per heavy atom. The van der Waals surface area contributed by atoms with Crippen molar-refractivity contribution in [2.24, 2.45) is 17.8 Å². The molecule has 0 radical (unpaired) electrons. The molecule has 0 spiro atoms. The molecule has 0 unspecified atom stereocenters. The van der Waals surface area contributed by atoms with Gasteiger partial charge < -0.3 is 29.6 Å². The van der Waals surface area contributed by atoms with Crippen LogP contribution in [0.5, 0.6) is 11.5 Å². The Morgan fingerprint density at radius 1 is 0.941 bits per heavy atom. The third-order valence-electron chi connectivity index (χ3n) is 10.0. The zero-order chi connectivity index (χ0) is 35.6. The molecular formula is C39H36B2BrNO8. The number of amides is 2. The van der Waals surface area contributed by atoms with Crippen LogP contribution in [-0.2, 0) is 14.2 Å². The molecule has 0 aromatic heterocycles. The lowest BCUT2D eigenvalue weighted by molar-refractivity contribution is -0.122. The molecular weight excluding hydrogens is 712 g/mol. The predicted molar refractivity (Wildman–Crippen MR) is 200 cm³/mol. The molecule has 51 heavy (non-hydrogen) atoms. The normalized spacial score (nSPS) is 21.8. The second-order valence-electron chi connectivity index (χ2n) is 13.2. The predicted octanol–water partition coefficient (Wildman–Crippen LogP) is 5.24. The standard InChI is InChI=1S/C39H36B2BrNO8/c42-29-15-16-34(44)26(19-29)18-25(24-8-3-1-4-9-24)14-17-35-36-27(23-50-31-12-5-2-6-13-31)20-32-37(33(36)22-40(47)51-35)39(46)43(38(32)45)30-11-7-10-28(21-30)41(48)49/h1-13,15-16,18-19,21,32-33,35,37,44,47-49H,14,17,20,22-23H2/b25-18-/t32-,33+,35-,37-/m1/s1. The van der Waals surface area contributed by atoms with Crippen LogP contribution < -0.4 is 15.1 Å². The van der Waals surface area contributed by atoms with Crippen LogP contribution in [0.4, 0.5) is 5.69 Å². The van der Waals surface area contributed by atoms with E-state index in [1.165, 1.54) is 12.1 Å². The van der Waals surface area contributed by atoms with Crippen LogP contribution in [0.2, 0.25) is 6.32 Å². The highest BCUT2D eigenvalue weighted by atomic mass is 79.9. The highest BCUT2D eigenvalue weighted by Crippen LogP contribution is 2.51. The Morgan fingerprint density at radius 2 is 1.69 bits per heavy atom. The Hall–Kier alpha value is -4.45. The fourth-order valence-electron chi connectivity index (χ4n) is 7.73. The molecule has 258 valence electrons. The van der Waals surface area contributed by atoms with Crippen molar-refractivity contribution in [3.63, 3.8) is 0 Å². The first-order valence-corrected chi connectivity index (χ1v) is 17.8. The summed E-state index contributed by atoms with van der Waals surface area (Å²) < 4.78 is 13.3. The number of hydrogen-bond donors (Lipinski definition) is 4. The van der Waals surface area contributed by atoms with Gasteiger partial charge in [-0.05, 0) is 108 Å². The Kier molecular flexibility index (Phi) is 10.3. The number of aromatic hydroxyl groups is 1. The lowest BCUT2D eigenvalue weighted by Crippen LogP contribution is -2.46. The zero-order valence-corrected chi connectivity index (χ0v) is 29.2. The molecule has 4 aromatic rings. The number of carbonyl (C=O) groups is 2. The molecule has 1 aliphatic carbocycles. The number of phenolic OH excluding ortho intramolecular Hbond substituents is 1. The fourth-order valence-corrected chi connectivity index (χ4v) is 8.11. The van der Waals surface area contributed by atoms with Crippen molar-refractivity contribution < 1.29 is 39.2 Å². The van der Waals surface area contributed by atoms with E-state index in [-0.39, 0.29) is 48.1 Å². The van der Waals surface area contributed by atoms with Gasteiger partial charge in [0.1, 0.15) is 18.1 Å². The van der Waals surface area contributed by atoms with E-state index in [1.54, 1.807) is 24.3 Å². The van der Waals surface area contributed by atoms with Gasteiger partial charge in [0.15, 0.2) is 0 Å². The van der Waals surface area contributed by atoms with Crippen molar-refractivity contribution in [2.45, 2.75) is 31.7 Å². The number of phenols is 1. The van der Waals surface area contributed by atoms with E-state index < -0.39 is 38.1 Å². The van der Waals surface area contributed by atoms with E-state index in [2.05, 4.69) is 15.9 Å². The van der Waals surface area contributed by atoms with Gasteiger partial charge in [-0.1, -0.05) is 76.6 Å². The third kappa shape index (κ3) is 7.33. The minimum Gasteiger partial charge on any atom is -0.507 e. The van der Waals surface area contributed by atoms with Gasteiger partial charge in [-0.2, -0.15) is 0 Å². The second kappa shape index (κ2) is 15.0. The number of para-hydroxylation sites is 1. The number of fused-ring (bicyclic) bond motifs is 3. The summed E-state index contributed by atoms with van der Waals surface area (Å²) in [6.07, 6.45) is 2.74. The molecule has 4 aromatic carbocycles. The van der Waals surface area contributed by atoms with Gasteiger partial charge in [-0.25, -0.2) is 0 Å². The van der Waals surface area contributed by atoms with Crippen LogP contribution in [-0.4, -0.2) is 58.9 Å². The molecule has 3 aliphatic rings. The van der Waals surface area contributed by atoms with E-state index in [9.17, 15) is 29.8 Å². The highest BCUT2D eigenvalue weighted by molar-refractivity contribution is 9.10. The van der Waals surface area contributed by atoms with Gasteiger partial charge >= 0.3 is 14.2 Å². The average Bonchev–Trinajstić information content (AvgIpc) is 3.39. The van der Waals surface area contributed by atoms with Crippen molar-refractivity contribution in [2.75, 3.05) is 11.5 Å². The first kappa shape index (κ1) is 35.0. The van der Waals surface area contributed by atoms with E-state index in [4.69, 9.17) is 9.39 Å². The quantitative estimate of drug-likeness (QED) is 0.0750. The summed E-state index contributed by atoms with van der Waals surface area (Å²) in [6, 6.07) is 30.6. The molecule has 2 amide bonds. The third-order valence-corrected chi connectivity index (χ3v) is 10.5. The maximum Gasteiger partial charge on any atom is 0.488 e. The summed E-state index contributed by atoms with van der Waals surface area (Å²) >= 11 is 3.50. The van der Waals surface area contributed by atoms with Crippen LogP contribution in [0, 0.1) is 17.8 Å². The van der Waals surface area contributed by atoms with Crippen molar-refractivity contribution >= 4 is 64.8 Å². The number of imide groups is 1. The maximum absolute atomic E-state index is 14.3. The molecule has 2 aliphatic heterocycles. The molecule has 9 nitrogen and oxygen atoms in total. The summed E-state index contributed by atoms with van der Waals surface area (Å²) in [4.78, 5) is 29.5. The van der Waals surface area contributed by atoms with Crippen molar-refractivity contribution in [1.82, 2.24) is 0 Å². The molecule has 2 saturated heterocycles. The molecule has 2 heterocycles. The van der Waals surface area contributed by atoms with E-state index in [0.29, 0.717) is 24.2 Å². The summed E-state index contributed by atoms with van der Waals surface area (Å²) in [7, 11) is -2.93. The summed E-state index contributed by atoms with van der Waals surface area (Å²) in [5.41, 5.74) is 4.74. The molecule has 0 saturated carbocycles. The highest BCUT2D eigenvalue weighted by Gasteiger charge is 2.57. The van der Waals surface area contributed by atoms with Crippen molar-refractivity contribution in [3.05, 3.63) is 130 Å². The first-order valence-electron chi connectivity index (χ1n) is 17.0. The van der Waals surface area contributed by atoms with Gasteiger partial charge in [0.25, 0.3) is 0 Å². The Labute approximate surface area is 305 Å². The molecule has 7 rings (SSSR count). The number of benzene rings is 4. The van der Waals surface area contributed by atoms with E-state index in [1.807, 2.05) is 72.8 Å². The molecule has 12 heteroatoms. The number of anilines is 1. The summed E-state index contributed by atoms with van der Waals surface area (Å²) in [5.74, 6) is -1.86. The van der Waals surface area contributed by atoms with Crippen LogP contribution in [0.15, 0.2) is 119 Å². The van der Waals surface area contributed by atoms with Gasteiger partial charge in [-0.3, -0.25) is 14.5 Å². The second-order valence-corrected chi connectivity index (χ2v) is 14.1. The number of allylic oxidation sites excluding steroid dienone is 1. The summed E-state index contributed by atoms with van der Waals surface area (Å²) in [6.45, 7) is 0.177. The molecule has 2 fully saturated rings. The maximum atomic E-state index is 14.3. The minimum atomic E-state index is -1.76.